The molecule has 1 aromatic carbocycles. The molecule has 1 atom stereocenters. The fourth-order valence-electron chi connectivity index (χ4n) is 2.36. The van der Waals surface area contributed by atoms with Crippen molar-refractivity contribution in [1.29, 1.82) is 0 Å². The molecule has 0 saturated carbocycles. The van der Waals surface area contributed by atoms with E-state index in [4.69, 9.17) is 5.73 Å². The van der Waals surface area contributed by atoms with Gasteiger partial charge in [0, 0.05) is 25.0 Å². The van der Waals surface area contributed by atoms with Crippen LogP contribution in [0.2, 0.25) is 0 Å². The molecule has 1 heterocycles. The van der Waals surface area contributed by atoms with Crippen LogP contribution in [0.4, 0.5) is 0 Å². The molecule has 2 N–H and O–H groups in total. The molecule has 1 unspecified atom stereocenters. The Morgan fingerprint density at radius 1 is 1.40 bits per heavy atom. The lowest BCUT2D eigenvalue weighted by Gasteiger charge is -2.37. The maximum atomic E-state index is 5.87. The maximum Gasteiger partial charge on any atom is 0.00961 e. The summed E-state index contributed by atoms with van der Waals surface area (Å²) in [5.74, 6) is 0.727. The molecule has 15 heavy (non-hydrogen) atoms. The van der Waals surface area contributed by atoms with Crippen LogP contribution in [0.5, 0.6) is 0 Å². The first-order valence-electron chi connectivity index (χ1n) is 5.68. The second-order valence-electron chi connectivity index (χ2n) is 4.80. The minimum Gasteiger partial charge on any atom is -0.328 e. The van der Waals surface area contributed by atoms with Gasteiger partial charge in [-0.2, -0.15) is 0 Å². The topological polar surface area (TPSA) is 29.3 Å². The quantitative estimate of drug-likeness (QED) is 0.810. The molecule has 0 aliphatic carbocycles. The molecule has 1 fully saturated rings. The van der Waals surface area contributed by atoms with E-state index in [1.807, 2.05) is 0 Å². The molecule has 82 valence electrons. The predicted octanol–water partition coefficient (Wildman–Crippen LogP) is 1.61. The molecule has 0 spiro atoms. The SMILES string of the molecule is CC(N)Cc1ccccc1C1CN(C)C1. The van der Waals surface area contributed by atoms with Crippen LogP contribution in [0.15, 0.2) is 24.3 Å². The lowest BCUT2D eigenvalue weighted by molar-refractivity contribution is 0.189. The average molecular weight is 204 g/mol. The molecule has 0 bridgehead atoms. The second-order valence-corrected chi connectivity index (χ2v) is 4.80. The standard InChI is InChI=1S/C13H20N2/c1-10(14)7-11-5-3-4-6-13(11)12-8-15(2)9-12/h3-6,10,12H,7-9,14H2,1-2H3. The fraction of sp³-hybridized carbons (Fsp3) is 0.538. The normalized spacial score (nSPS) is 19.9. The number of rotatable bonds is 3. The van der Waals surface area contributed by atoms with Gasteiger partial charge in [-0.3, -0.25) is 0 Å². The third-order valence-electron chi connectivity index (χ3n) is 3.10. The second kappa shape index (κ2) is 4.33. The Balaban J connectivity index is 2.15. The Bertz CT molecular complexity index is 327. The fourth-order valence-corrected chi connectivity index (χ4v) is 2.36. The highest BCUT2D eigenvalue weighted by Crippen LogP contribution is 2.28. The summed E-state index contributed by atoms with van der Waals surface area (Å²) < 4.78 is 0. The molecule has 0 aromatic heterocycles. The molecular formula is C13H20N2. The van der Waals surface area contributed by atoms with Crippen molar-refractivity contribution in [2.75, 3.05) is 20.1 Å². The van der Waals surface area contributed by atoms with Crippen molar-refractivity contribution in [1.82, 2.24) is 4.90 Å². The highest BCUT2D eigenvalue weighted by atomic mass is 15.2. The number of hydrogen-bond donors (Lipinski definition) is 1. The third kappa shape index (κ3) is 2.39. The molecule has 0 amide bonds. The molecule has 1 aromatic rings. The van der Waals surface area contributed by atoms with Crippen molar-refractivity contribution in [3.8, 4) is 0 Å². The van der Waals surface area contributed by atoms with Crippen LogP contribution < -0.4 is 5.73 Å². The first-order chi connectivity index (χ1) is 7.16. The Hall–Kier alpha value is -0.860. The van der Waals surface area contributed by atoms with E-state index in [-0.39, 0.29) is 6.04 Å². The molecule has 2 nitrogen and oxygen atoms in total. The summed E-state index contributed by atoms with van der Waals surface area (Å²) in [5, 5.41) is 0. The Morgan fingerprint density at radius 3 is 2.67 bits per heavy atom. The molecule has 1 aliphatic heterocycles. The van der Waals surface area contributed by atoms with Gasteiger partial charge in [-0.05, 0) is 31.5 Å². The van der Waals surface area contributed by atoms with Gasteiger partial charge in [-0.1, -0.05) is 24.3 Å². The zero-order valence-electron chi connectivity index (χ0n) is 9.61. The van der Waals surface area contributed by atoms with Crippen LogP contribution in [-0.4, -0.2) is 31.1 Å². The highest BCUT2D eigenvalue weighted by Gasteiger charge is 2.26. The summed E-state index contributed by atoms with van der Waals surface area (Å²) in [6, 6.07) is 8.98. The zero-order valence-corrected chi connectivity index (χ0v) is 9.61. The first kappa shape index (κ1) is 10.7. The summed E-state index contributed by atoms with van der Waals surface area (Å²) in [4.78, 5) is 2.35. The minimum absolute atomic E-state index is 0.254. The van der Waals surface area contributed by atoms with Gasteiger partial charge in [-0.25, -0.2) is 0 Å². The van der Waals surface area contributed by atoms with E-state index in [0.29, 0.717) is 0 Å². The summed E-state index contributed by atoms with van der Waals surface area (Å²) in [7, 11) is 2.17. The van der Waals surface area contributed by atoms with E-state index in [0.717, 1.165) is 12.3 Å². The van der Waals surface area contributed by atoms with E-state index in [1.54, 1.807) is 0 Å². The highest BCUT2D eigenvalue weighted by molar-refractivity contribution is 5.33. The Kier molecular flexibility index (Phi) is 3.08. The molecule has 1 aliphatic rings. The van der Waals surface area contributed by atoms with Crippen LogP contribution in [0.1, 0.15) is 24.0 Å². The van der Waals surface area contributed by atoms with Gasteiger partial charge in [0.15, 0.2) is 0 Å². The predicted molar refractivity (Wildman–Crippen MR) is 64.0 cm³/mol. The van der Waals surface area contributed by atoms with Crippen molar-refractivity contribution >= 4 is 0 Å². The third-order valence-corrected chi connectivity index (χ3v) is 3.10. The van der Waals surface area contributed by atoms with Crippen molar-refractivity contribution in [3.05, 3.63) is 35.4 Å². The van der Waals surface area contributed by atoms with Crippen molar-refractivity contribution in [2.24, 2.45) is 5.73 Å². The molecule has 2 heteroatoms. The monoisotopic (exact) mass is 204 g/mol. The Labute approximate surface area is 92.1 Å². The zero-order chi connectivity index (χ0) is 10.8. The maximum absolute atomic E-state index is 5.87. The lowest BCUT2D eigenvalue weighted by Crippen LogP contribution is -2.42. The van der Waals surface area contributed by atoms with Gasteiger partial charge in [0.25, 0.3) is 0 Å². The number of nitrogens with zero attached hydrogens (tertiary/aromatic N) is 1. The van der Waals surface area contributed by atoms with Crippen molar-refractivity contribution < 1.29 is 0 Å². The summed E-state index contributed by atoms with van der Waals surface area (Å²) in [5.41, 5.74) is 8.81. The largest absolute Gasteiger partial charge is 0.328 e. The lowest BCUT2D eigenvalue weighted by atomic mass is 9.87. The molecule has 2 rings (SSSR count). The van der Waals surface area contributed by atoms with Gasteiger partial charge >= 0.3 is 0 Å². The average Bonchev–Trinajstić information content (AvgIpc) is 2.13. The van der Waals surface area contributed by atoms with E-state index in [2.05, 4.69) is 43.1 Å². The van der Waals surface area contributed by atoms with E-state index >= 15 is 0 Å². The van der Waals surface area contributed by atoms with Crippen LogP contribution in [0.3, 0.4) is 0 Å². The number of hydrogen-bond acceptors (Lipinski definition) is 2. The Morgan fingerprint density at radius 2 is 2.07 bits per heavy atom. The van der Waals surface area contributed by atoms with E-state index in [9.17, 15) is 0 Å². The minimum atomic E-state index is 0.254. The smallest absolute Gasteiger partial charge is 0.00961 e. The van der Waals surface area contributed by atoms with E-state index in [1.165, 1.54) is 24.2 Å². The molecule has 1 saturated heterocycles. The summed E-state index contributed by atoms with van der Waals surface area (Å²) in [6.45, 7) is 4.45. The molecule has 0 radical (unpaired) electrons. The number of likely N-dealkylation sites (N-methyl/N-ethyl adjacent to an activating group) is 1. The van der Waals surface area contributed by atoms with Gasteiger partial charge in [0.2, 0.25) is 0 Å². The molecular weight excluding hydrogens is 184 g/mol. The summed E-state index contributed by atoms with van der Waals surface area (Å²) >= 11 is 0. The van der Waals surface area contributed by atoms with Crippen LogP contribution in [0, 0.1) is 0 Å². The number of benzene rings is 1. The van der Waals surface area contributed by atoms with E-state index < -0.39 is 0 Å². The number of nitrogens with two attached hydrogens (primary N) is 1. The van der Waals surface area contributed by atoms with Gasteiger partial charge in [0.05, 0.1) is 0 Å². The first-order valence-corrected chi connectivity index (χ1v) is 5.68. The van der Waals surface area contributed by atoms with Gasteiger partial charge < -0.3 is 10.6 Å². The number of likely N-dealkylation sites (tertiary alicyclic amines) is 1. The van der Waals surface area contributed by atoms with Crippen LogP contribution in [-0.2, 0) is 6.42 Å². The van der Waals surface area contributed by atoms with Crippen LogP contribution >= 0.6 is 0 Å². The van der Waals surface area contributed by atoms with Crippen molar-refractivity contribution in [3.63, 3.8) is 0 Å². The van der Waals surface area contributed by atoms with Crippen molar-refractivity contribution in [2.45, 2.75) is 25.3 Å². The van der Waals surface area contributed by atoms with Gasteiger partial charge in [0.1, 0.15) is 0 Å². The summed E-state index contributed by atoms with van der Waals surface area (Å²) in [6.07, 6.45) is 0.996. The van der Waals surface area contributed by atoms with Gasteiger partial charge in [-0.15, -0.1) is 0 Å². The van der Waals surface area contributed by atoms with Crippen LogP contribution in [0.25, 0.3) is 0 Å².